The third-order valence-electron chi connectivity index (χ3n) is 2.53. The number of unbranched alkanes of at least 4 members (excludes halogenated alkanes) is 3. The molecule has 0 aromatic heterocycles. The highest BCUT2D eigenvalue weighted by molar-refractivity contribution is 5.83. The second kappa shape index (κ2) is 5.84. The third-order valence-corrected chi connectivity index (χ3v) is 2.53. The fraction of sp³-hybridized carbons (Fsp3) is 0.750. The van der Waals surface area contributed by atoms with Crippen molar-refractivity contribution < 1.29 is 9.53 Å². The summed E-state index contributed by atoms with van der Waals surface area (Å²) in [4.78, 5) is 11.2. The van der Waals surface area contributed by atoms with Gasteiger partial charge in [0.25, 0.3) is 0 Å². The van der Waals surface area contributed by atoms with Crippen LogP contribution in [0.2, 0.25) is 0 Å². The quantitative estimate of drug-likeness (QED) is 0.355. The zero-order valence-electron chi connectivity index (χ0n) is 9.21. The van der Waals surface area contributed by atoms with Crippen LogP contribution < -0.4 is 0 Å². The van der Waals surface area contributed by atoms with Crippen molar-refractivity contribution in [2.75, 3.05) is 6.61 Å². The highest BCUT2D eigenvalue weighted by Crippen LogP contribution is 2.34. The van der Waals surface area contributed by atoms with Crippen LogP contribution in [0.5, 0.6) is 0 Å². The monoisotopic (exact) mass is 196 g/mol. The van der Waals surface area contributed by atoms with Crippen molar-refractivity contribution in [3.63, 3.8) is 0 Å². The third kappa shape index (κ3) is 3.52. The van der Waals surface area contributed by atoms with Crippen molar-refractivity contribution in [3.8, 4) is 0 Å². The van der Waals surface area contributed by atoms with E-state index >= 15 is 0 Å². The fourth-order valence-corrected chi connectivity index (χ4v) is 1.61. The predicted molar refractivity (Wildman–Crippen MR) is 57.0 cm³/mol. The van der Waals surface area contributed by atoms with Crippen LogP contribution in [-0.4, -0.2) is 12.6 Å². The van der Waals surface area contributed by atoms with Gasteiger partial charge >= 0.3 is 5.97 Å². The molecular formula is C12H20O2. The molecule has 0 N–H and O–H groups in total. The molecule has 2 heteroatoms. The summed E-state index contributed by atoms with van der Waals surface area (Å²) in [6.45, 7) is 4.55. The van der Waals surface area contributed by atoms with E-state index in [1.54, 1.807) is 0 Å². The largest absolute Gasteiger partial charge is 0.465 e. The molecule has 0 aromatic carbocycles. The summed E-state index contributed by atoms with van der Waals surface area (Å²) in [5.74, 6) is -0.0189. The van der Waals surface area contributed by atoms with Crippen LogP contribution >= 0.6 is 0 Å². The van der Waals surface area contributed by atoms with Gasteiger partial charge in [-0.2, -0.15) is 0 Å². The SMILES string of the molecule is CCCCCCC1=CC1C(=O)OCC. The highest BCUT2D eigenvalue weighted by Gasteiger charge is 2.32. The molecule has 0 saturated carbocycles. The number of hydrogen-bond acceptors (Lipinski definition) is 2. The molecule has 0 bridgehead atoms. The maximum Gasteiger partial charge on any atom is 0.316 e. The van der Waals surface area contributed by atoms with Gasteiger partial charge < -0.3 is 4.74 Å². The molecule has 2 nitrogen and oxygen atoms in total. The molecular weight excluding hydrogens is 176 g/mol. The first kappa shape index (κ1) is 11.3. The normalized spacial score (nSPS) is 19.0. The van der Waals surface area contributed by atoms with Crippen LogP contribution in [0.1, 0.15) is 46.0 Å². The second-order valence-corrected chi connectivity index (χ2v) is 3.78. The lowest BCUT2D eigenvalue weighted by Gasteiger charge is -2.01. The molecule has 0 radical (unpaired) electrons. The van der Waals surface area contributed by atoms with E-state index in [-0.39, 0.29) is 11.9 Å². The van der Waals surface area contributed by atoms with E-state index in [9.17, 15) is 4.79 Å². The van der Waals surface area contributed by atoms with Crippen molar-refractivity contribution in [1.82, 2.24) is 0 Å². The lowest BCUT2D eigenvalue weighted by atomic mass is 10.1. The Balaban J connectivity index is 2.02. The summed E-state index contributed by atoms with van der Waals surface area (Å²) >= 11 is 0. The van der Waals surface area contributed by atoms with Crippen LogP contribution in [0.25, 0.3) is 0 Å². The first-order valence-corrected chi connectivity index (χ1v) is 5.66. The van der Waals surface area contributed by atoms with E-state index in [0.717, 1.165) is 6.42 Å². The Hall–Kier alpha value is -0.790. The Morgan fingerprint density at radius 2 is 2.14 bits per heavy atom. The van der Waals surface area contributed by atoms with Crippen molar-refractivity contribution in [2.24, 2.45) is 5.92 Å². The minimum absolute atomic E-state index is 0.0385. The zero-order valence-corrected chi connectivity index (χ0v) is 9.21. The molecule has 1 rings (SSSR count). The van der Waals surface area contributed by atoms with Crippen LogP contribution in [0.3, 0.4) is 0 Å². The van der Waals surface area contributed by atoms with Crippen LogP contribution in [0, 0.1) is 5.92 Å². The molecule has 0 aromatic rings. The van der Waals surface area contributed by atoms with E-state index in [1.165, 1.54) is 31.3 Å². The van der Waals surface area contributed by atoms with Crippen LogP contribution in [-0.2, 0) is 9.53 Å². The first-order chi connectivity index (χ1) is 6.79. The average molecular weight is 196 g/mol. The fourth-order valence-electron chi connectivity index (χ4n) is 1.61. The second-order valence-electron chi connectivity index (χ2n) is 3.78. The molecule has 0 heterocycles. The number of carbonyl (C=O) groups is 1. The number of esters is 1. The molecule has 1 aliphatic rings. The van der Waals surface area contributed by atoms with Gasteiger partial charge in [0.05, 0.1) is 12.5 Å². The minimum Gasteiger partial charge on any atom is -0.465 e. The van der Waals surface area contributed by atoms with Gasteiger partial charge in [-0.05, 0) is 19.8 Å². The summed E-state index contributed by atoms with van der Waals surface area (Å²) in [7, 11) is 0. The highest BCUT2D eigenvalue weighted by atomic mass is 16.5. The molecule has 80 valence electrons. The lowest BCUT2D eigenvalue weighted by Crippen LogP contribution is -2.08. The van der Waals surface area contributed by atoms with Crippen molar-refractivity contribution in [2.45, 2.75) is 46.0 Å². The summed E-state index contributed by atoms with van der Waals surface area (Å²) in [5, 5.41) is 0. The van der Waals surface area contributed by atoms with Gasteiger partial charge in [0.1, 0.15) is 0 Å². The first-order valence-electron chi connectivity index (χ1n) is 5.66. The van der Waals surface area contributed by atoms with E-state index in [0.29, 0.717) is 6.61 Å². The Morgan fingerprint density at radius 3 is 2.79 bits per heavy atom. The molecule has 14 heavy (non-hydrogen) atoms. The van der Waals surface area contributed by atoms with Crippen molar-refractivity contribution in [1.29, 1.82) is 0 Å². The van der Waals surface area contributed by atoms with E-state index in [2.05, 4.69) is 6.92 Å². The Labute approximate surface area is 86.3 Å². The molecule has 1 atom stereocenters. The van der Waals surface area contributed by atoms with Gasteiger partial charge in [-0.25, -0.2) is 0 Å². The zero-order chi connectivity index (χ0) is 10.4. The molecule has 1 unspecified atom stereocenters. The van der Waals surface area contributed by atoms with Gasteiger partial charge in [0.15, 0.2) is 0 Å². The number of hydrogen-bond donors (Lipinski definition) is 0. The maximum absolute atomic E-state index is 11.2. The smallest absolute Gasteiger partial charge is 0.316 e. The van der Waals surface area contributed by atoms with E-state index in [4.69, 9.17) is 4.74 Å². The van der Waals surface area contributed by atoms with Gasteiger partial charge in [-0.3, -0.25) is 4.79 Å². The average Bonchev–Trinajstić information content (AvgIpc) is 2.92. The molecule has 0 fully saturated rings. The van der Waals surface area contributed by atoms with E-state index in [1.807, 2.05) is 13.0 Å². The molecule has 0 amide bonds. The Kier molecular flexibility index (Phi) is 4.71. The van der Waals surface area contributed by atoms with E-state index < -0.39 is 0 Å². The minimum atomic E-state index is -0.0574. The van der Waals surface area contributed by atoms with Gasteiger partial charge in [0.2, 0.25) is 0 Å². The summed E-state index contributed by atoms with van der Waals surface area (Å²) in [5.41, 5.74) is 1.29. The Bertz CT molecular complexity index is 218. The number of rotatable bonds is 7. The molecule has 0 spiro atoms. The lowest BCUT2D eigenvalue weighted by molar-refractivity contribution is -0.144. The molecule has 0 saturated heterocycles. The maximum atomic E-state index is 11.2. The number of carbonyl (C=O) groups excluding carboxylic acids is 1. The van der Waals surface area contributed by atoms with Crippen molar-refractivity contribution in [3.05, 3.63) is 11.6 Å². The van der Waals surface area contributed by atoms with Gasteiger partial charge in [0, 0.05) is 0 Å². The summed E-state index contributed by atoms with van der Waals surface area (Å²) < 4.78 is 4.93. The Morgan fingerprint density at radius 1 is 1.36 bits per heavy atom. The number of ether oxygens (including phenoxy) is 1. The van der Waals surface area contributed by atoms with Crippen molar-refractivity contribution >= 4 is 5.97 Å². The summed E-state index contributed by atoms with van der Waals surface area (Å²) in [6, 6.07) is 0. The standard InChI is InChI=1S/C12H20O2/c1-3-5-6-7-8-10-9-11(10)12(13)14-4-2/h9,11H,3-8H2,1-2H3. The topological polar surface area (TPSA) is 26.3 Å². The predicted octanol–water partition coefficient (Wildman–Crippen LogP) is 3.08. The van der Waals surface area contributed by atoms with Crippen LogP contribution in [0.15, 0.2) is 11.6 Å². The molecule has 0 aliphatic heterocycles. The van der Waals surface area contributed by atoms with Gasteiger partial charge in [-0.15, -0.1) is 0 Å². The summed E-state index contributed by atoms with van der Waals surface area (Å²) in [6.07, 6.45) is 8.18. The molecule has 1 aliphatic carbocycles. The van der Waals surface area contributed by atoms with Gasteiger partial charge in [-0.1, -0.05) is 37.8 Å². The van der Waals surface area contributed by atoms with Crippen LogP contribution in [0.4, 0.5) is 0 Å².